The molecule has 0 spiro atoms. The number of amides is 2. The minimum atomic E-state index is -0.180. The quantitative estimate of drug-likeness (QED) is 0.206. The predicted molar refractivity (Wildman–Crippen MR) is 177 cm³/mol. The Kier molecular flexibility index (Phi) is 8.41. The average Bonchev–Trinajstić information content (AvgIpc) is 3.60. The summed E-state index contributed by atoms with van der Waals surface area (Å²) in [5.74, 6) is 2.54. The largest absolute Gasteiger partial charge is 0.496 e. The predicted octanol–water partition coefficient (Wildman–Crippen LogP) is 7.47. The molecule has 43 heavy (non-hydrogen) atoms. The maximum absolute atomic E-state index is 13.0. The van der Waals surface area contributed by atoms with Crippen molar-refractivity contribution in [2.45, 2.75) is 31.0 Å². The molecule has 6 rings (SSSR count). The first-order valence-electron chi connectivity index (χ1n) is 14.2. The Morgan fingerprint density at radius 3 is 1.40 bits per heavy atom. The zero-order valence-corrected chi connectivity index (χ0v) is 26.3. The molecule has 2 unspecified atom stereocenters. The molecule has 2 aliphatic rings. The van der Waals surface area contributed by atoms with Crippen LogP contribution in [0.15, 0.2) is 84.9 Å². The summed E-state index contributed by atoms with van der Waals surface area (Å²) in [4.78, 5) is 29.8. The van der Waals surface area contributed by atoms with Crippen LogP contribution in [0.2, 0.25) is 0 Å². The lowest BCUT2D eigenvalue weighted by Gasteiger charge is -2.27. The number of aryl methyl sites for hydroxylation is 2. The van der Waals surface area contributed by atoms with Crippen LogP contribution in [0, 0.1) is 13.8 Å². The third-order valence-corrected chi connectivity index (χ3v) is 10.3. The number of benzene rings is 4. The minimum absolute atomic E-state index is 0.0906. The molecule has 2 heterocycles. The second-order valence-corrected chi connectivity index (χ2v) is 13.0. The molecule has 2 aliphatic heterocycles. The van der Waals surface area contributed by atoms with Gasteiger partial charge >= 0.3 is 0 Å². The van der Waals surface area contributed by atoms with Crippen LogP contribution in [0.1, 0.15) is 44.1 Å². The van der Waals surface area contributed by atoms with Crippen LogP contribution in [-0.4, -0.2) is 37.5 Å². The van der Waals surface area contributed by atoms with E-state index in [9.17, 15) is 9.59 Å². The number of carbonyl (C=O) groups is 2. The Bertz CT molecular complexity index is 1530. The fourth-order valence-electron chi connectivity index (χ4n) is 5.69. The van der Waals surface area contributed by atoms with Crippen LogP contribution in [0.5, 0.6) is 11.5 Å². The standard InChI is InChI=1S/C35H34N2O4S2/c1-22-5-11-26(12-6-22)36-32(38)20-42-34(36)28-18-24(9-15-30(28)40-3)17-25-10-16-31(41-4)29(19-25)35-37(33(39)21-43-35)27-13-7-23(2)8-14-27/h5-16,18-19,34-35H,17,20-21H2,1-4H3. The lowest BCUT2D eigenvalue weighted by molar-refractivity contribution is -0.116. The molecule has 0 bridgehead atoms. The number of anilines is 2. The van der Waals surface area contributed by atoms with Crippen molar-refractivity contribution in [2.75, 3.05) is 35.5 Å². The monoisotopic (exact) mass is 610 g/mol. The summed E-state index contributed by atoms with van der Waals surface area (Å²) in [7, 11) is 3.35. The number of hydrogen-bond acceptors (Lipinski definition) is 6. The molecule has 2 saturated heterocycles. The molecule has 0 radical (unpaired) electrons. The Morgan fingerprint density at radius 1 is 0.628 bits per heavy atom. The van der Waals surface area contributed by atoms with Crippen molar-refractivity contribution in [3.63, 3.8) is 0 Å². The maximum Gasteiger partial charge on any atom is 0.238 e. The Balaban J connectivity index is 1.32. The molecule has 0 aliphatic carbocycles. The van der Waals surface area contributed by atoms with E-state index in [4.69, 9.17) is 9.47 Å². The molecule has 2 amide bonds. The molecule has 2 fully saturated rings. The zero-order valence-electron chi connectivity index (χ0n) is 24.7. The fourth-order valence-corrected chi connectivity index (χ4v) is 8.07. The Labute approximate surface area is 261 Å². The van der Waals surface area contributed by atoms with Crippen LogP contribution in [0.4, 0.5) is 11.4 Å². The number of hydrogen-bond donors (Lipinski definition) is 0. The van der Waals surface area contributed by atoms with Crippen molar-refractivity contribution < 1.29 is 19.1 Å². The summed E-state index contributed by atoms with van der Waals surface area (Å²) in [5, 5.41) is -0.360. The van der Waals surface area contributed by atoms with Gasteiger partial charge in [0.2, 0.25) is 11.8 Å². The summed E-state index contributed by atoms with van der Waals surface area (Å²) in [6.45, 7) is 4.09. The Hall–Kier alpha value is -3.88. The highest BCUT2D eigenvalue weighted by molar-refractivity contribution is 8.01. The van der Waals surface area contributed by atoms with Crippen molar-refractivity contribution >= 4 is 46.7 Å². The molecule has 4 aromatic rings. The van der Waals surface area contributed by atoms with Gasteiger partial charge in [0.1, 0.15) is 22.2 Å². The number of nitrogens with zero attached hydrogens (tertiary/aromatic N) is 2. The van der Waals surface area contributed by atoms with E-state index in [1.807, 2.05) is 84.3 Å². The van der Waals surface area contributed by atoms with Crippen molar-refractivity contribution in [3.8, 4) is 11.5 Å². The molecule has 6 nitrogen and oxygen atoms in total. The number of ether oxygens (including phenoxy) is 2. The van der Waals surface area contributed by atoms with Gasteiger partial charge < -0.3 is 9.47 Å². The van der Waals surface area contributed by atoms with E-state index >= 15 is 0 Å². The van der Waals surface area contributed by atoms with E-state index < -0.39 is 0 Å². The van der Waals surface area contributed by atoms with E-state index in [1.54, 1.807) is 37.7 Å². The van der Waals surface area contributed by atoms with Gasteiger partial charge in [-0.25, -0.2) is 0 Å². The molecule has 4 aromatic carbocycles. The van der Waals surface area contributed by atoms with Crippen LogP contribution in [0.3, 0.4) is 0 Å². The van der Waals surface area contributed by atoms with Crippen molar-refractivity contribution in [2.24, 2.45) is 0 Å². The molecule has 0 aromatic heterocycles. The van der Waals surface area contributed by atoms with E-state index in [0.29, 0.717) is 17.9 Å². The fraction of sp³-hybridized carbons (Fsp3) is 0.257. The van der Waals surface area contributed by atoms with Gasteiger partial charge in [0.05, 0.1) is 25.7 Å². The van der Waals surface area contributed by atoms with Crippen LogP contribution in [0.25, 0.3) is 0 Å². The number of thioether (sulfide) groups is 2. The van der Waals surface area contributed by atoms with Gasteiger partial charge in [-0.15, -0.1) is 23.5 Å². The maximum atomic E-state index is 13.0. The third kappa shape index (κ3) is 5.86. The van der Waals surface area contributed by atoms with Gasteiger partial charge in [0.25, 0.3) is 0 Å². The summed E-state index contributed by atoms with van der Waals surface area (Å²) in [5.41, 5.74) is 8.27. The molecule has 0 N–H and O–H groups in total. The van der Waals surface area contributed by atoms with Gasteiger partial charge in [-0.2, -0.15) is 0 Å². The minimum Gasteiger partial charge on any atom is -0.496 e. The van der Waals surface area contributed by atoms with E-state index in [0.717, 1.165) is 56.3 Å². The molecule has 220 valence electrons. The summed E-state index contributed by atoms with van der Waals surface area (Å²) in [6.07, 6.45) is 0.680. The average molecular weight is 611 g/mol. The second-order valence-electron chi connectivity index (χ2n) is 10.9. The first kappa shape index (κ1) is 29.2. The number of carbonyl (C=O) groups excluding carboxylic acids is 2. The van der Waals surface area contributed by atoms with Gasteiger partial charge in [-0.05, 0) is 79.9 Å². The van der Waals surface area contributed by atoms with Crippen molar-refractivity contribution in [1.82, 2.24) is 0 Å². The summed E-state index contributed by atoms with van der Waals surface area (Å²) >= 11 is 3.24. The first-order chi connectivity index (χ1) is 20.9. The lowest BCUT2D eigenvalue weighted by atomic mass is 9.99. The molecule has 2 atom stereocenters. The molecule has 8 heteroatoms. The van der Waals surface area contributed by atoms with E-state index in [-0.39, 0.29) is 22.6 Å². The van der Waals surface area contributed by atoms with Crippen LogP contribution in [-0.2, 0) is 16.0 Å². The summed E-state index contributed by atoms with van der Waals surface area (Å²) < 4.78 is 11.6. The molecular formula is C35H34N2O4S2. The van der Waals surface area contributed by atoms with Gasteiger partial charge in [0.15, 0.2) is 0 Å². The van der Waals surface area contributed by atoms with Crippen molar-refractivity contribution in [1.29, 1.82) is 0 Å². The number of rotatable bonds is 8. The van der Waals surface area contributed by atoms with Crippen LogP contribution < -0.4 is 19.3 Å². The highest BCUT2D eigenvalue weighted by Crippen LogP contribution is 2.47. The molecule has 0 saturated carbocycles. The molecular weight excluding hydrogens is 577 g/mol. The van der Waals surface area contributed by atoms with Gasteiger partial charge in [-0.1, -0.05) is 47.5 Å². The van der Waals surface area contributed by atoms with Gasteiger partial charge in [-0.3, -0.25) is 19.4 Å². The van der Waals surface area contributed by atoms with Crippen molar-refractivity contribution in [3.05, 3.63) is 118 Å². The van der Waals surface area contributed by atoms with E-state index in [1.165, 1.54) is 0 Å². The highest BCUT2D eigenvalue weighted by Gasteiger charge is 2.37. The Morgan fingerprint density at radius 2 is 1.02 bits per heavy atom. The smallest absolute Gasteiger partial charge is 0.238 e. The lowest BCUT2D eigenvalue weighted by Crippen LogP contribution is -2.28. The SMILES string of the molecule is COc1ccc(Cc2ccc(OC)c(C3SCC(=O)N3c3ccc(C)cc3)c2)cc1C1SCC(=O)N1c1ccc(C)cc1. The van der Waals surface area contributed by atoms with E-state index in [2.05, 4.69) is 24.3 Å². The zero-order chi connectivity index (χ0) is 30.1. The number of methoxy groups -OCH3 is 2. The first-order valence-corrected chi connectivity index (χ1v) is 16.3. The topological polar surface area (TPSA) is 59.1 Å². The second kappa shape index (κ2) is 12.4. The van der Waals surface area contributed by atoms with Gasteiger partial charge in [0, 0.05) is 22.5 Å². The van der Waals surface area contributed by atoms with Crippen LogP contribution >= 0.6 is 23.5 Å². The highest BCUT2D eigenvalue weighted by atomic mass is 32.2. The normalized spacial score (nSPS) is 18.4. The summed E-state index contributed by atoms with van der Waals surface area (Å²) in [6, 6.07) is 28.6. The third-order valence-electron chi connectivity index (χ3n) is 7.89.